The van der Waals surface area contributed by atoms with Crippen molar-refractivity contribution in [3.63, 3.8) is 0 Å². The second-order valence-corrected chi connectivity index (χ2v) is 6.48. The minimum absolute atomic E-state index is 0.0237. The van der Waals surface area contributed by atoms with E-state index in [1.165, 1.54) is 29.7 Å². The van der Waals surface area contributed by atoms with E-state index in [-0.39, 0.29) is 11.3 Å². The fourth-order valence-electron chi connectivity index (χ4n) is 3.29. The number of phenolic OH excluding ortho intramolecular Hbond substituents is 1. The van der Waals surface area contributed by atoms with Crippen molar-refractivity contribution in [1.82, 2.24) is 4.57 Å². The molecule has 1 heterocycles. The average molecular weight is 391 g/mol. The first-order chi connectivity index (χ1) is 13.0. The van der Waals surface area contributed by atoms with Gasteiger partial charge in [-0.2, -0.15) is 13.2 Å². The van der Waals surface area contributed by atoms with Crippen LogP contribution < -0.4 is 0 Å². The normalized spacial score (nSPS) is 12.9. The van der Waals surface area contributed by atoms with Gasteiger partial charge in [0.15, 0.2) is 0 Å². The average Bonchev–Trinajstić information content (AvgIpc) is 2.90. The summed E-state index contributed by atoms with van der Waals surface area (Å²) in [6, 6.07) is 7.99. The molecule has 0 radical (unpaired) electrons. The van der Waals surface area contributed by atoms with Gasteiger partial charge in [-0.1, -0.05) is 0 Å². The number of rotatable bonds is 3. The van der Waals surface area contributed by atoms with Crippen LogP contribution in [0.1, 0.15) is 40.0 Å². The van der Waals surface area contributed by atoms with Crippen LogP contribution in [0, 0.1) is 6.92 Å². The van der Waals surface area contributed by atoms with Gasteiger partial charge in [-0.15, -0.1) is 0 Å². The first-order valence-electron chi connectivity index (χ1n) is 8.31. The molecular weight excluding hydrogens is 375 g/mol. The molecule has 146 valence electrons. The molecule has 1 aromatic heterocycles. The number of fused-ring (bicyclic) bond motifs is 1. The Morgan fingerprint density at radius 3 is 2.21 bits per heavy atom. The van der Waals surface area contributed by atoms with Gasteiger partial charge in [-0.05, 0) is 61.9 Å². The fourth-order valence-corrected chi connectivity index (χ4v) is 3.29. The van der Waals surface area contributed by atoms with Gasteiger partial charge < -0.3 is 10.2 Å². The van der Waals surface area contributed by atoms with Crippen LogP contribution in [0.3, 0.4) is 0 Å². The Morgan fingerprint density at radius 1 is 1.07 bits per heavy atom. The highest BCUT2D eigenvalue weighted by atomic mass is 19.4. The van der Waals surface area contributed by atoms with E-state index in [4.69, 9.17) is 0 Å². The molecule has 3 rings (SSSR count). The van der Waals surface area contributed by atoms with Crippen molar-refractivity contribution in [3.05, 3.63) is 64.8 Å². The Balaban J connectivity index is 2.19. The number of aliphatic carboxylic acids is 1. The Bertz CT molecular complexity index is 1080. The van der Waals surface area contributed by atoms with Crippen LogP contribution in [0.25, 0.3) is 10.9 Å². The number of aromatic nitrogens is 1. The highest BCUT2D eigenvalue weighted by Gasteiger charge is 2.31. The maximum absolute atomic E-state index is 13.0. The zero-order valence-electron chi connectivity index (χ0n) is 14.9. The van der Waals surface area contributed by atoms with E-state index >= 15 is 0 Å². The van der Waals surface area contributed by atoms with Crippen molar-refractivity contribution in [1.29, 1.82) is 0 Å². The molecule has 0 spiro atoms. The first-order valence-corrected chi connectivity index (χ1v) is 8.31. The summed E-state index contributed by atoms with van der Waals surface area (Å²) in [6.07, 6.45) is -4.51. The van der Waals surface area contributed by atoms with Crippen LogP contribution in [-0.4, -0.2) is 26.7 Å². The summed E-state index contributed by atoms with van der Waals surface area (Å²) in [5, 5.41) is 19.6. The lowest BCUT2D eigenvalue weighted by Crippen LogP contribution is -2.15. The van der Waals surface area contributed by atoms with Crippen LogP contribution in [0.4, 0.5) is 13.2 Å². The fraction of sp³-hybridized carbons (Fsp3) is 0.200. The van der Waals surface area contributed by atoms with Gasteiger partial charge in [0.25, 0.3) is 5.91 Å². The van der Waals surface area contributed by atoms with Crippen LogP contribution >= 0.6 is 0 Å². The van der Waals surface area contributed by atoms with Crippen molar-refractivity contribution >= 4 is 22.8 Å². The van der Waals surface area contributed by atoms with Crippen molar-refractivity contribution in [2.45, 2.75) is 25.9 Å². The molecule has 0 aliphatic rings. The molecule has 8 heteroatoms. The van der Waals surface area contributed by atoms with Crippen LogP contribution in [0.2, 0.25) is 0 Å². The second kappa shape index (κ2) is 6.70. The third-order valence-electron chi connectivity index (χ3n) is 4.70. The third kappa shape index (κ3) is 3.21. The van der Waals surface area contributed by atoms with E-state index in [1.807, 2.05) is 0 Å². The number of carbonyl (C=O) groups excluding carboxylic acids is 1. The lowest BCUT2D eigenvalue weighted by molar-refractivity contribution is -0.138. The van der Waals surface area contributed by atoms with E-state index < -0.39 is 29.5 Å². The lowest BCUT2D eigenvalue weighted by Gasteiger charge is -2.11. The third-order valence-corrected chi connectivity index (χ3v) is 4.70. The van der Waals surface area contributed by atoms with Gasteiger partial charge in [-0.25, -0.2) is 0 Å². The van der Waals surface area contributed by atoms with Gasteiger partial charge in [0.1, 0.15) is 5.75 Å². The molecule has 0 aliphatic carbocycles. The quantitative estimate of drug-likeness (QED) is 0.687. The smallest absolute Gasteiger partial charge is 0.416 e. The summed E-state index contributed by atoms with van der Waals surface area (Å²) in [5.41, 5.74) is 0.223. The Morgan fingerprint density at radius 2 is 1.68 bits per heavy atom. The van der Waals surface area contributed by atoms with Crippen molar-refractivity contribution < 1.29 is 33.0 Å². The molecule has 28 heavy (non-hydrogen) atoms. The molecule has 1 atom stereocenters. The predicted molar refractivity (Wildman–Crippen MR) is 95.6 cm³/mol. The molecular formula is C20H16F3NO4. The summed E-state index contributed by atoms with van der Waals surface area (Å²) >= 11 is 0. The SMILES string of the molecule is Cc1c(C(C)C(=O)O)c2cc(O)ccc2n1C(=O)c1ccc(C(F)(F)F)cc1. The van der Waals surface area contributed by atoms with Gasteiger partial charge in [0.2, 0.25) is 0 Å². The van der Waals surface area contributed by atoms with E-state index in [9.17, 15) is 33.0 Å². The Labute approximate surface area is 157 Å². The number of benzene rings is 2. The number of carboxylic acid groups (broad SMARTS) is 1. The predicted octanol–water partition coefficient (Wildman–Crippen LogP) is 4.55. The maximum atomic E-state index is 13.0. The molecule has 5 nitrogen and oxygen atoms in total. The summed E-state index contributed by atoms with van der Waals surface area (Å²) in [7, 11) is 0. The van der Waals surface area contributed by atoms with Crippen molar-refractivity contribution in [3.8, 4) is 5.75 Å². The number of phenols is 1. The number of hydrogen-bond acceptors (Lipinski definition) is 3. The molecule has 0 bridgehead atoms. The van der Waals surface area contributed by atoms with Gasteiger partial charge >= 0.3 is 12.1 Å². The van der Waals surface area contributed by atoms with E-state index in [2.05, 4.69) is 0 Å². The number of hydrogen-bond donors (Lipinski definition) is 2. The first kappa shape index (κ1) is 19.5. The van der Waals surface area contributed by atoms with Crippen LogP contribution in [-0.2, 0) is 11.0 Å². The number of alkyl halides is 3. The number of carboxylic acids is 1. The van der Waals surface area contributed by atoms with Gasteiger partial charge in [-0.3, -0.25) is 14.2 Å². The van der Waals surface area contributed by atoms with E-state index in [0.717, 1.165) is 24.3 Å². The lowest BCUT2D eigenvalue weighted by atomic mass is 9.98. The summed E-state index contributed by atoms with van der Waals surface area (Å²) in [6.45, 7) is 3.02. The zero-order valence-corrected chi connectivity index (χ0v) is 14.9. The number of halogens is 3. The maximum Gasteiger partial charge on any atom is 0.416 e. The number of nitrogens with zero attached hydrogens (tertiary/aromatic N) is 1. The van der Waals surface area contributed by atoms with Gasteiger partial charge in [0, 0.05) is 16.6 Å². The zero-order chi connectivity index (χ0) is 20.8. The Kier molecular flexibility index (Phi) is 4.66. The monoisotopic (exact) mass is 391 g/mol. The topological polar surface area (TPSA) is 79.5 Å². The number of aromatic hydroxyl groups is 1. The van der Waals surface area contributed by atoms with Crippen LogP contribution in [0.15, 0.2) is 42.5 Å². The molecule has 0 fully saturated rings. The van der Waals surface area contributed by atoms with E-state index in [0.29, 0.717) is 22.2 Å². The molecule has 0 amide bonds. The van der Waals surface area contributed by atoms with E-state index in [1.54, 1.807) is 6.92 Å². The highest BCUT2D eigenvalue weighted by Crippen LogP contribution is 2.35. The standard InChI is InChI=1S/C20H16F3NO4/c1-10(19(27)28)17-11(2)24(16-8-7-14(25)9-15(16)17)18(26)12-3-5-13(6-4-12)20(21,22)23/h3-10,25H,1-2H3,(H,27,28). The van der Waals surface area contributed by atoms with Crippen LogP contribution in [0.5, 0.6) is 5.75 Å². The summed E-state index contributed by atoms with van der Waals surface area (Å²) in [4.78, 5) is 24.5. The van der Waals surface area contributed by atoms with Crippen molar-refractivity contribution in [2.24, 2.45) is 0 Å². The highest BCUT2D eigenvalue weighted by molar-refractivity contribution is 6.05. The largest absolute Gasteiger partial charge is 0.508 e. The minimum Gasteiger partial charge on any atom is -0.508 e. The minimum atomic E-state index is -4.51. The Hall–Kier alpha value is -3.29. The molecule has 2 N–H and O–H groups in total. The van der Waals surface area contributed by atoms with Gasteiger partial charge in [0.05, 0.1) is 17.0 Å². The molecule has 0 saturated heterocycles. The summed E-state index contributed by atoms with van der Waals surface area (Å²) in [5.74, 6) is -2.74. The molecule has 2 aromatic carbocycles. The molecule has 1 unspecified atom stereocenters. The summed E-state index contributed by atoms with van der Waals surface area (Å²) < 4.78 is 39.5. The molecule has 0 aliphatic heterocycles. The number of carbonyl (C=O) groups is 2. The molecule has 0 saturated carbocycles. The molecule has 3 aromatic rings. The second-order valence-electron chi connectivity index (χ2n) is 6.48. The van der Waals surface area contributed by atoms with Crippen molar-refractivity contribution in [2.75, 3.05) is 0 Å².